The van der Waals surface area contributed by atoms with E-state index in [1.807, 2.05) is 24.3 Å². The van der Waals surface area contributed by atoms with Crippen LogP contribution >= 0.6 is 15.9 Å². The van der Waals surface area contributed by atoms with E-state index in [9.17, 15) is 13.2 Å². The van der Waals surface area contributed by atoms with Crippen molar-refractivity contribution < 1.29 is 22.3 Å². The van der Waals surface area contributed by atoms with Gasteiger partial charge in [-0.1, -0.05) is 46.3 Å². The van der Waals surface area contributed by atoms with Gasteiger partial charge in [0, 0.05) is 16.1 Å². The van der Waals surface area contributed by atoms with Crippen molar-refractivity contribution in [1.29, 1.82) is 0 Å². The van der Waals surface area contributed by atoms with Gasteiger partial charge in [-0.3, -0.25) is 0 Å². The number of ether oxygens (including phenoxy) is 1. The summed E-state index contributed by atoms with van der Waals surface area (Å²) in [5.41, 5.74) is 1.24. The van der Waals surface area contributed by atoms with E-state index < -0.39 is 6.36 Å². The smallest absolute Gasteiger partial charge is 0.421 e. The lowest BCUT2D eigenvalue weighted by Crippen LogP contribution is -2.17. The van der Waals surface area contributed by atoms with Crippen LogP contribution < -0.4 is 4.74 Å². The summed E-state index contributed by atoms with van der Waals surface area (Å²) in [4.78, 5) is 0. The van der Waals surface area contributed by atoms with Crippen molar-refractivity contribution in [3.63, 3.8) is 0 Å². The molecule has 0 saturated carbocycles. The van der Waals surface area contributed by atoms with Crippen LogP contribution in [0.15, 0.2) is 57.4 Å². The average Bonchev–Trinajstić information content (AvgIpc) is 3.00. The number of hydrogen-bond donors (Lipinski definition) is 0. The molecular weight excluding hydrogens is 413 g/mol. The van der Waals surface area contributed by atoms with Crippen LogP contribution in [0.4, 0.5) is 13.2 Å². The first-order valence-corrected chi connectivity index (χ1v) is 8.28. The molecule has 0 N–H and O–H groups in total. The van der Waals surface area contributed by atoms with Crippen molar-refractivity contribution in [2.75, 3.05) is 0 Å². The molecule has 0 fully saturated rings. The van der Waals surface area contributed by atoms with E-state index in [0.29, 0.717) is 12.3 Å². The minimum absolute atomic E-state index is 0.191. The molecule has 0 unspecified atom stereocenters. The molecule has 134 valence electrons. The fourth-order valence-electron chi connectivity index (χ4n) is 2.22. The number of hydrogen-bond acceptors (Lipinski definition) is 4. The lowest BCUT2D eigenvalue weighted by atomic mass is 10.1. The van der Waals surface area contributed by atoms with Crippen molar-refractivity contribution in [3.8, 4) is 5.75 Å². The van der Waals surface area contributed by atoms with E-state index in [4.69, 9.17) is 4.42 Å². The summed E-state index contributed by atoms with van der Waals surface area (Å²) >= 11 is 3.39. The van der Waals surface area contributed by atoms with Gasteiger partial charge in [0.15, 0.2) is 0 Å². The van der Waals surface area contributed by atoms with E-state index in [0.717, 1.165) is 10.0 Å². The minimum atomic E-state index is -4.76. The lowest BCUT2D eigenvalue weighted by molar-refractivity contribution is -0.274. The number of rotatable bonds is 5. The Hall–Kier alpha value is -2.61. The maximum absolute atomic E-state index is 12.4. The van der Waals surface area contributed by atoms with Crippen molar-refractivity contribution in [2.45, 2.75) is 12.8 Å². The summed E-state index contributed by atoms with van der Waals surface area (Å²) in [7, 11) is 0. The van der Waals surface area contributed by atoms with Gasteiger partial charge in [0.2, 0.25) is 11.8 Å². The van der Waals surface area contributed by atoms with Gasteiger partial charge in [-0.2, -0.15) is 0 Å². The molecule has 0 aliphatic heterocycles. The number of alkyl halides is 3. The van der Waals surface area contributed by atoms with Crippen molar-refractivity contribution >= 4 is 28.1 Å². The third kappa shape index (κ3) is 5.19. The Balaban J connectivity index is 1.73. The molecule has 4 nitrogen and oxygen atoms in total. The van der Waals surface area contributed by atoms with E-state index >= 15 is 0 Å². The molecule has 3 rings (SSSR count). The summed E-state index contributed by atoms with van der Waals surface area (Å²) in [6.45, 7) is 0. The molecule has 0 aliphatic carbocycles. The largest absolute Gasteiger partial charge is 0.573 e. The summed E-state index contributed by atoms with van der Waals surface area (Å²) in [5, 5.41) is 7.82. The number of aromatic nitrogens is 2. The molecule has 8 heteroatoms. The van der Waals surface area contributed by atoms with Crippen LogP contribution in [0.5, 0.6) is 5.75 Å². The first-order valence-electron chi connectivity index (χ1n) is 7.49. The molecule has 0 aliphatic rings. The van der Waals surface area contributed by atoms with Gasteiger partial charge in [0.05, 0.1) is 6.42 Å². The second-order valence-corrected chi connectivity index (χ2v) is 6.18. The third-order valence-electron chi connectivity index (χ3n) is 3.28. The predicted molar refractivity (Wildman–Crippen MR) is 93.3 cm³/mol. The number of nitrogens with zero attached hydrogens (tertiary/aromatic N) is 2. The van der Waals surface area contributed by atoms with Gasteiger partial charge in [-0.15, -0.1) is 23.4 Å². The zero-order chi connectivity index (χ0) is 18.6. The lowest BCUT2D eigenvalue weighted by Gasteiger charge is -2.10. The van der Waals surface area contributed by atoms with Crippen LogP contribution in [0, 0.1) is 0 Å². The Morgan fingerprint density at radius 3 is 2.62 bits per heavy atom. The highest BCUT2D eigenvalue weighted by Crippen LogP contribution is 2.27. The maximum Gasteiger partial charge on any atom is 0.573 e. The van der Waals surface area contributed by atoms with Crippen LogP contribution in [-0.2, 0) is 6.42 Å². The Bertz CT molecular complexity index is 923. The summed E-state index contributed by atoms with van der Waals surface area (Å²) in [6.07, 6.45) is -1.44. The predicted octanol–water partition coefficient (Wildman–Crippen LogP) is 5.49. The van der Waals surface area contributed by atoms with E-state index in [1.54, 1.807) is 6.07 Å². The van der Waals surface area contributed by atoms with Gasteiger partial charge in [-0.25, -0.2) is 0 Å². The average molecular weight is 425 g/mol. The number of benzene rings is 2. The SMILES string of the molecule is FC(F)(F)Oc1ccccc1C=Cc1nnc(Cc2cccc(Br)c2)o1. The Morgan fingerprint density at radius 2 is 1.85 bits per heavy atom. The molecule has 1 aromatic heterocycles. The van der Waals surface area contributed by atoms with Crippen molar-refractivity contribution in [3.05, 3.63) is 75.9 Å². The molecule has 2 aromatic carbocycles. The van der Waals surface area contributed by atoms with Crippen molar-refractivity contribution in [1.82, 2.24) is 10.2 Å². The molecule has 26 heavy (non-hydrogen) atoms. The minimum Gasteiger partial charge on any atom is -0.421 e. The van der Waals surface area contributed by atoms with Crippen LogP contribution in [0.1, 0.15) is 22.9 Å². The molecule has 0 saturated heterocycles. The highest BCUT2D eigenvalue weighted by molar-refractivity contribution is 9.10. The fraction of sp³-hybridized carbons (Fsp3) is 0.111. The molecule has 0 radical (unpaired) electrons. The highest BCUT2D eigenvalue weighted by atomic mass is 79.9. The zero-order valence-corrected chi connectivity index (χ0v) is 14.8. The Morgan fingerprint density at radius 1 is 1.04 bits per heavy atom. The molecule has 1 heterocycles. The quantitative estimate of drug-likeness (QED) is 0.543. The Kier molecular flexibility index (Phi) is 5.41. The summed E-state index contributed by atoms with van der Waals surface area (Å²) < 4.78 is 47.7. The van der Waals surface area contributed by atoms with Gasteiger partial charge < -0.3 is 9.15 Å². The molecule has 0 bridgehead atoms. The Labute approximate surface area is 155 Å². The van der Waals surface area contributed by atoms with E-state index in [-0.39, 0.29) is 17.2 Å². The number of halogens is 4. The highest BCUT2D eigenvalue weighted by Gasteiger charge is 2.31. The maximum atomic E-state index is 12.4. The molecule has 0 amide bonds. The third-order valence-corrected chi connectivity index (χ3v) is 3.77. The van der Waals surface area contributed by atoms with Gasteiger partial charge in [-0.05, 0) is 29.8 Å². The second kappa shape index (κ2) is 7.74. The van der Waals surface area contributed by atoms with Crippen molar-refractivity contribution in [2.24, 2.45) is 0 Å². The van der Waals surface area contributed by atoms with E-state index in [1.165, 1.54) is 30.4 Å². The van der Waals surface area contributed by atoms with Gasteiger partial charge in [0.25, 0.3) is 0 Å². The van der Waals surface area contributed by atoms with Gasteiger partial charge >= 0.3 is 6.36 Å². The monoisotopic (exact) mass is 424 g/mol. The topological polar surface area (TPSA) is 48.2 Å². The van der Waals surface area contributed by atoms with E-state index in [2.05, 4.69) is 30.9 Å². The summed E-state index contributed by atoms with van der Waals surface area (Å²) in [6, 6.07) is 13.5. The molecule has 3 aromatic rings. The molecular formula is C18H12BrF3N2O2. The normalized spacial score (nSPS) is 11.8. The number of para-hydroxylation sites is 1. The zero-order valence-electron chi connectivity index (χ0n) is 13.2. The van der Waals surface area contributed by atoms with Crippen LogP contribution in [-0.4, -0.2) is 16.6 Å². The van der Waals surface area contributed by atoms with Crippen LogP contribution in [0.3, 0.4) is 0 Å². The molecule has 0 spiro atoms. The van der Waals surface area contributed by atoms with Gasteiger partial charge in [0.1, 0.15) is 5.75 Å². The second-order valence-electron chi connectivity index (χ2n) is 5.26. The summed E-state index contributed by atoms with van der Waals surface area (Å²) in [5.74, 6) is 0.296. The van der Waals surface area contributed by atoms with Crippen LogP contribution in [0.2, 0.25) is 0 Å². The standard InChI is InChI=1S/C18H12BrF3N2O2/c19-14-6-3-4-12(10-14)11-17-24-23-16(25-17)9-8-13-5-1-2-7-15(13)26-18(20,21)22/h1-10H,11H2. The fourth-order valence-corrected chi connectivity index (χ4v) is 2.67. The first-order chi connectivity index (χ1) is 12.4. The first kappa shape index (κ1) is 18.2. The van der Waals surface area contributed by atoms with Crippen LogP contribution in [0.25, 0.3) is 12.2 Å². The molecule has 0 atom stereocenters.